The van der Waals surface area contributed by atoms with Crippen molar-refractivity contribution < 1.29 is 33.6 Å². The van der Waals surface area contributed by atoms with Gasteiger partial charge in [-0.05, 0) is 41.3 Å². The number of thiophene rings is 1. The second-order valence-corrected chi connectivity index (χ2v) is 8.72. The van der Waals surface area contributed by atoms with Crippen molar-refractivity contribution >= 4 is 28.8 Å². The zero-order valence-corrected chi connectivity index (χ0v) is 20.5. The lowest BCUT2D eigenvalue weighted by molar-refractivity contribution is -0.140. The predicted molar refractivity (Wildman–Crippen MR) is 131 cm³/mol. The van der Waals surface area contributed by atoms with Crippen molar-refractivity contribution in [2.45, 2.75) is 12.6 Å². The highest BCUT2D eigenvalue weighted by Gasteiger charge is 2.46. The molecule has 1 N–H and O–H groups in total. The maximum absolute atomic E-state index is 13.3. The molecule has 1 fully saturated rings. The lowest BCUT2D eigenvalue weighted by Gasteiger charge is -2.25. The summed E-state index contributed by atoms with van der Waals surface area (Å²) in [4.78, 5) is 28.9. The van der Waals surface area contributed by atoms with Gasteiger partial charge in [0, 0.05) is 10.9 Å². The molecule has 9 heteroatoms. The highest BCUT2D eigenvalue weighted by atomic mass is 32.1. The number of hydrogen-bond acceptors (Lipinski definition) is 8. The van der Waals surface area contributed by atoms with Crippen LogP contribution in [0.3, 0.4) is 0 Å². The standard InChI is InChI=1S/C26H25NO7S/c1-31-16-8-9-18(20(13-16)33-3)24(28)22-23(15-7-10-19(32-2)21(12-15)34-4)27(26(30)25(22)29)14-17-6-5-11-35-17/h5-13,23,28H,14H2,1-4H3/b24-22+. The summed E-state index contributed by atoms with van der Waals surface area (Å²) in [5.41, 5.74) is 0.822. The Bertz CT molecular complexity index is 1280. The van der Waals surface area contributed by atoms with Crippen molar-refractivity contribution in [1.29, 1.82) is 0 Å². The van der Waals surface area contributed by atoms with Crippen LogP contribution < -0.4 is 18.9 Å². The molecule has 0 aliphatic carbocycles. The van der Waals surface area contributed by atoms with Crippen LogP contribution in [0.2, 0.25) is 0 Å². The zero-order chi connectivity index (χ0) is 25.1. The minimum absolute atomic E-state index is 0.0396. The van der Waals surface area contributed by atoms with Gasteiger partial charge in [0.2, 0.25) is 0 Å². The van der Waals surface area contributed by atoms with Crippen LogP contribution in [0.4, 0.5) is 0 Å². The zero-order valence-electron chi connectivity index (χ0n) is 19.7. The normalized spacial score (nSPS) is 16.9. The Morgan fingerprint density at radius 2 is 1.66 bits per heavy atom. The van der Waals surface area contributed by atoms with Crippen LogP contribution in [-0.4, -0.2) is 50.1 Å². The van der Waals surface area contributed by atoms with Gasteiger partial charge in [-0.25, -0.2) is 0 Å². The van der Waals surface area contributed by atoms with Crippen molar-refractivity contribution in [2.24, 2.45) is 0 Å². The minimum Gasteiger partial charge on any atom is -0.507 e. The molecule has 1 aromatic heterocycles. The van der Waals surface area contributed by atoms with Crippen molar-refractivity contribution in [3.8, 4) is 23.0 Å². The number of aliphatic hydroxyl groups excluding tert-OH is 1. The number of carbonyl (C=O) groups excluding carboxylic acids is 2. The summed E-state index contributed by atoms with van der Waals surface area (Å²) in [6.45, 7) is 0.206. The Morgan fingerprint density at radius 1 is 0.914 bits per heavy atom. The third-order valence-corrected chi connectivity index (χ3v) is 6.69. The van der Waals surface area contributed by atoms with Gasteiger partial charge in [-0.1, -0.05) is 12.1 Å². The van der Waals surface area contributed by atoms with Crippen molar-refractivity contribution in [2.75, 3.05) is 28.4 Å². The topological polar surface area (TPSA) is 94.5 Å². The molecule has 8 nitrogen and oxygen atoms in total. The number of benzene rings is 2. The second kappa shape index (κ2) is 10.1. The Balaban J connectivity index is 1.92. The Hall–Kier alpha value is -3.98. The smallest absolute Gasteiger partial charge is 0.295 e. The van der Waals surface area contributed by atoms with Crippen molar-refractivity contribution in [3.63, 3.8) is 0 Å². The van der Waals surface area contributed by atoms with Gasteiger partial charge in [0.25, 0.3) is 11.7 Å². The molecule has 0 saturated carbocycles. The first-order valence-electron chi connectivity index (χ1n) is 10.7. The van der Waals surface area contributed by atoms with E-state index in [9.17, 15) is 14.7 Å². The summed E-state index contributed by atoms with van der Waals surface area (Å²) < 4.78 is 21.5. The van der Waals surface area contributed by atoms with E-state index in [4.69, 9.17) is 18.9 Å². The number of hydrogen-bond donors (Lipinski definition) is 1. The summed E-state index contributed by atoms with van der Waals surface area (Å²) in [7, 11) is 6.00. The molecule has 1 atom stereocenters. The van der Waals surface area contributed by atoms with E-state index in [1.807, 2.05) is 17.5 Å². The average molecular weight is 496 g/mol. The fourth-order valence-corrected chi connectivity index (χ4v) is 4.82. The molecule has 4 rings (SSSR count). The molecule has 1 unspecified atom stereocenters. The highest BCUT2D eigenvalue weighted by Crippen LogP contribution is 2.44. The van der Waals surface area contributed by atoms with E-state index in [0.29, 0.717) is 28.6 Å². The van der Waals surface area contributed by atoms with Gasteiger partial charge in [0.05, 0.1) is 52.2 Å². The lowest BCUT2D eigenvalue weighted by Crippen LogP contribution is -2.28. The van der Waals surface area contributed by atoms with Gasteiger partial charge < -0.3 is 29.0 Å². The third-order valence-electron chi connectivity index (χ3n) is 5.83. The first-order valence-corrected chi connectivity index (χ1v) is 11.6. The number of amides is 1. The first-order chi connectivity index (χ1) is 16.9. The first kappa shape index (κ1) is 24.2. The number of carbonyl (C=O) groups is 2. The number of aliphatic hydroxyl groups is 1. The molecular weight excluding hydrogens is 470 g/mol. The molecule has 0 spiro atoms. The van der Waals surface area contributed by atoms with E-state index in [0.717, 1.165) is 4.88 Å². The Morgan fingerprint density at radius 3 is 2.29 bits per heavy atom. The molecule has 1 aliphatic heterocycles. The molecule has 35 heavy (non-hydrogen) atoms. The van der Waals surface area contributed by atoms with Gasteiger partial charge in [-0.3, -0.25) is 9.59 Å². The van der Waals surface area contributed by atoms with E-state index < -0.39 is 17.7 Å². The van der Waals surface area contributed by atoms with E-state index >= 15 is 0 Å². The molecular formula is C26H25NO7S. The van der Waals surface area contributed by atoms with Crippen molar-refractivity contribution in [1.82, 2.24) is 4.90 Å². The second-order valence-electron chi connectivity index (χ2n) is 7.69. The number of ether oxygens (including phenoxy) is 4. The van der Waals surface area contributed by atoms with E-state index in [-0.39, 0.29) is 23.4 Å². The average Bonchev–Trinajstić information content (AvgIpc) is 3.49. The van der Waals surface area contributed by atoms with Gasteiger partial charge >= 0.3 is 0 Å². The molecule has 0 bridgehead atoms. The van der Waals surface area contributed by atoms with Gasteiger partial charge in [-0.15, -0.1) is 11.3 Å². The molecule has 1 amide bonds. The largest absolute Gasteiger partial charge is 0.507 e. The highest BCUT2D eigenvalue weighted by molar-refractivity contribution is 7.09. The molecule has 3 aromatic rings. The fraction of sp³-hybridized carbons (Fsp3) is 0.231. The number of rotatable bonds is 8. The predicted octanol–water partition coefficient (Wildman–Crippen LogP) is 4.40. The molecule has 1 aliphatic rings. The van der Waals surface area contributed by atoms with Crippen LogP contribution in [0.5, 0.6) is 23.0 Å². The molecule has 1 saturated heterocycles. The molecule has 2 heterocycles. The number of nitrogens with zero attached hydrogens (tertiary/aromatic N) is 1. The van der Waals surface area contributed by atoms with E-state index in [1.54, 1.807) is 36.4 Å². The summed E-state index contributed by atoms with van der Waals surface area (Å²) in [5, 5.41) is 13.3. The maximum atomic E-state index is 13.3. The van der Waals surface area contributed by atoms with Crippen LogP contribution in [0.15, 0.2) is 59.5 Å². The summed E-state index contributed by atoms with van der Waals surface area (Å²) in [6, 6.07) is 12.9. The SMILES string of the molecule is COc1ccc(/C(O)=C2\C(=O)C(=O)N(Cc3cccs3)C2c2ccc(OC)c(OC)c2)c(OC)c1. The number of Topliss-reactive ketones (excluding diaryl/α,β-unsaturated/α-hetero) is 1. The lowest BCUT2D eigenvalue weighted by atomic mass is 9.94. The van der Waals surface area contributed by atoms with Gasteiger partial charge in [0.1, 0.15) is 17.3 Å². The molecule has 182 valence electrons. The molecule has 0 radical (unpaired) electrons. The summed E-state index contributed by atoms with van der Waals surface area (Å²) in [6.07, 6.45) is 0. The Labute approximate surface area is 206 Å². The van der Waals surface area contributed by atoms with Crippen LogP contribution in [0, 0.1) is 0 Å². The summed E-state index contributed by atoms with van der Waals surface area (Å²) in [5.74, 6) is -0.0531. The summed E-state index contributed by atoms with van der Waals surface area (Å²) >= 11 is 1.48. The maximum Gasteiger partial charge on any atom is 0.295 e. The van der Waals surface area contributed by atoms with Gasteiger partial charge in [0.15, 0.2) is 11.5 Å². The van der Waals surface area contributed by atoms with E-state index in [2.05, 4.69) is 0 Å². The van der Waals surface area contributed by atoms with Crippen molar-refractivity contribution in [3.05, 3.63) is 75.5 Å². The Kier molecular flexibility index (Phi) is 6.97. The number of likely N-dealkylation sites (tertiary alicyclic amines) is 1. The van der Waals surface area contributed by atoms with Crippen LogP contribution in [0.25, 0.3) is 5.76 Å². The molecule has 2 aromatic carbocycles. The minimum atomic E-state index is -0.858. The van der Waals surface area contributed by atoms with Crippen LogP contribution >= 0.6 is 11.3 Å². The number of methoxy groups -OCH3 is 4. The third kappa shape index (κ3) is 4.42. The number of ketones is 1. The van der Waals surface area contributed by atoms with Gasteiger partial charge in [-0.2, -0.15) is 0 Å². The van der Waals surface area contributed by atoms with Crippen LogP contribution in [-0.2, 0) is 16.1 Å². The fourth-order valence-electron chi connectivity index (χ4n) is 4.12. The monoisotopic (exact) mass is 495 g/mol. The van der Waals surface area contributed by atoms with Crippen LogP contribution in [0.1, 0.15) is 22.0 Å². The van der Waals surface area contributed by atoms with E-state index in [1.165, 1.54) is 44.7 Å². The quantitative estimate of drug-likeness (QED) is 0.281.